The van der Waals surface area contributed by atoms with E-state index in [9.17, 15) is 0 Å². The molecule has 1 fully saturated rings. The smallest absolute Gasteiger partial charge is 0.100 e. The number of aromatic nitrogens is 2. The van der Waals surface area contributed by atoms with Gasteiger partial charge in [0.05, 0.1) is 11.0 Å². The van der Waals surface area contributed by atoms with Crippen LogP contribution in [-0.4, -0.2) is 9.55 Å². The molecule has 2 heteroatoms. The van der Waals surface area contributed by atoms with Crippen LogP contribution >= 0.6 is 0 Å². The van der Waals surface area contributed by atoms with Crippen LogP contribution in [0.5, 0.6) is 0 Å². The van der Waals surface area contributed by atoms with E-state index in [2.05, 4.69) is 74.5 Å². The molecule has 4 rings (SSSR count). The van der Waals surface area contributed by atoms with Crippen molar-refractivity contribution in [2.45, 2.75) is 66.7 Å². The molecule has 26 heavy (non-hydrogen) atoms. The van der Waals surface area contributed by atoms with E-state index in [0.717, 1.165) is 23.3 Å². The van der Waals surface area contributed by atoms with Crippen molar-refractivity contribution in [1.29, 1.82) is 0 Å². The Bertz CT molecular complexity index is 828. The lowest BCUT2D eigenvalue weighted by molar-refractivity contribution is 0.00474. The third-order valence-electron chi connectivity index (χ3n) is 7.82. The zero-order valence-corrected chi connectivity index (χ0v) is 17.1. The highest BCUT2D eigenvalue weighted by molar-refractivity contribution is 5.80. The van der Waals surface area contributed by atoms with Crippen molar-refractivity contribution in [2.75, 3.05) is 0 Å². The number of fused-ring (bicyclic) bond motifs is 2. The molecule has 2 aromatic rings. The molecule has 2 aliphatic rings. The van der Waals surface area contributed by atoms with Gasteiger partial charge in [-0.2, -0.15) is 0 Å². The molecule has 3 unspecified atom stereocenters. The zero-order valence-electron chi connectivity index (χ0n) is 17.1. The monoisotopic (exact) mass is 350 g/mol. The van der Waals surface area contributed by atoms with Crippen LogP contribution < -0.4 is 0 Å². The molecule has 1 aromatic carbocycles. The summed E-state index contributed by atoms with van der Waals surface area (Å²) in [4.78, 5) is 4.65. The summed E-state index contributed by atoms with van der Waals surface area (Å²) in [7, 11) is 0. The fraction of sp³-hybridized carbons (Fsp3) is 0.625. The van der Waals surface area contributed by atoms with E-state index >= 15 is 0 Å². The number of nitrogens with zero attached hydrogens (tertiary/aromatic N) is 2. The highest BCUT2D eigenvalue weighted by Crippen LogP contribution is 2.61. The first-order valence-electron chi connectivity index (χ1n) is 10.5. The van der Waals surface area contributed by atoms with Gasteiger partial charge in [0.25, 0.3) is 0 Å². The fourth-order valence-electron chi connectivity index (χ4n) is 6.49. The van der Waals surface area contributed by atoms with Crippen molar-refractivity contribution < 1.29 is 0 Å². The predicted molar refractivity (Wildman–Crippen MR) is 111 cm³/mol. The number of hydrogen-bond acceptors (Lipinski definition) is 1. The summed E-state index contributed by atoms with van der Waals surface area (Å²) in [5, 5.41) is 0. The third kappa shape index (κ3) is 2.56. The molecule has 0 saturated heterocycles. The Morgan fingerprint density at radius 3 is 2.81 bits per heavy atom. The molecule has 0 N–H and O–H groups in total. The molecule has 2 nitrogen and oxygen atoms in total. The summed E-state index contributed by atoms with van der Waals surface area (Å²) >= 11 is 0. The lowest BCUT2D eigenvalue weighted by atomic mass is 9.54. The van der Waals surface area contributed by atoms with E-state index in [4.69, 9.17) is 0 Å². The first kappa shape index (κ1) is 17.8. The molecule has 0 amide bonds. The molecule has 0 aliphatic heterocycles. The Hall–Kier alpha value is -1.57. The second kappa shape index (κ2) is 6.25. The van der Waals surface area contributed by atoms with Crippen LogP contribution in [0.3, 0.4) is 0 Å². The van der Waals surface area contributed by atoms with E-state index in [0.29, 0.717) is 5.41 Å². The van der Waals surface area contributed by atoms with Gasteiger partial charge in [-0.05, 0) is 61.0 Å². The molecule has 2 aliphatic carbocycles. The van der Waals surface area contributed by atoms with E-state index < -0.39 is 0 Å². The Kier molecular flexibility index (Phi) is 4.28. The topological polar surface area (TPSA) is 17.8 Å². The van der Waals surface area contributed by atoms with E-state index in [1.807, 2.05) is 6.33 Å². The summed E-state index contributed by atoms with van der Waals surface area (Å²) in [6.07, 6.45) is 11.1. The third-order valence-corrected chi connectivity index (χ3v) is 7.82. The number of rotatable bonds is 4. The average Bonchev–Trinajstić information content (AvgIpc) is 3.15. The predicted octanol–water partition coefficient (Wildman–Crippen LogP) is 6.78. The van der Waals surface area contributed by atoms with E-state index in [-0.39, 0.29) is 5.41 Å². The van der Waals surface area contributed by atoms with Gasteiger partial charge < -0.3 is 4.57 Å². The number of hydrogen-bond donors (Lipinski definition) is 0. The van der Waals surface area contributed by atoms with Gasteiger partial charge in [-0.3, -0.25) is 0 Å². The number of para-hydroxylation sites is 2. The highest BCUT2D eigenvalue weighted by atomic mass is 15.1. The number of imidazole rings is 1. The summed E-state index contributed by atoms with van der Waals surface area (Å²) in [6, 6.07) is 8.53. The van der Waals surface area contributed by atoms with Crippen LogP contribution in [0, 0.1) is 28.6 Å². The summed E-state index contributed by atoms with van der Waals surface area (Å²) in [5.41, 5.74) is 4.59. The molecule has 1 saturated carbocycles. The van der Waals surface area contributed by atoms with Gasteiger partial charge in [0.1, 0.15) is 6.33 Å². The van der Waals surface area contributed by atoms with Crippen LogP contribution in [0.2, 0.25) is 0 Å². The fourth-order valence-corrected chi connectivity index (χ4v) is 6.49. The van der Waals surface area contributed by atoms with Crippen LogP contribution in [0.25, 0.3) is 16.7 Å². The minimum absolute atomic E-state index is 0.279. The maximum Gasteiger partial charge on any atom is 0.100 e. The van der Waals surface area contributed by atoms with Gasteiger partial charge in [0.15, 0.2) is 0 Å². The minimum atomic E-state index is 0.279. The molecule has 0 bridgehead atoms. The van der Waals surface area contributed by atoms with Gasteiger partial charge in [0, 0.05) is 11.1 Å². The number of allylic oxidation sites excluding steroid dienone is 2. The van der Waals surface area contributed by atoms with Gasteiger partial charge >= 0.3 is 0 Å². The summed E-state index contributed by atoms with van der Waals surface area (Å²) in [6.45, 7) is 12.4. The SMILES string of the molecule is CCCC(C)(C)C1CC[C@]2(C)C(n3cnc4ccccc43)=CCC2C1C. The Balaban J connectivity index is 1.66. The number of benzene rings is 1. The normalized spacial score (nSPS) is 31.9. The summed E-state index contributed by atoms with van der Waals surface area (Å²) in [5.74, 6) is 2.38. The van der Waals surface area contributed by atoms with Crippen LogP contribution in [0.4, 0.5) is 0 Å². The van der Waals surface area contributed by atoms with Gasteiger partial charge in [-0.1, -0.05) is 59.2 Å². The Morgan fingerprint density at radius 1 is 1.27 bits per heavy atom. The van der Waals surface area contributed by atoms with Gasteiger partial charge in [-0.25, -0.2) is 4.98 Å². The second-order valence-corrected chi connectivity index (χ2v) is 9.70. The van der Waals surface area contributed by atoms with Crippen molar-refractivity contribution in [1.82, 2.24) is 9.55 Å². The first-order valence-corrected chi connectivity index (χ1v) is 10.5. The molecule has 0 spiro atoms. The van der Waals surface area contributed by atoms with Crippen molar-refractivity contribution in [3.8, 4) is 0 Å². The first-order chi connectivity index (χ1) is 12.4. The van der Waals surface area contributed by atoms with Crippen molar-refractivity contribution >= 4 is 16.7 Å². The lowest BCUT2D eigenvalue weighted by Crippen LogP contribution is -2.44. The zero-order chi connectivity index (χ0) is 18.5. The Labute approximate surface area is 158 Å². The minimum Gasteiger partial charge on any atom is -0.302 e. The van der Waals surface area contributed by atoms with Crippen LogP contribution in [0.1, 0.15) is 66.7 Å². The maximum absolute atomic E-state index is 4.65. The van der Waals surface area contributed by atoms with Crippen LogP contribution in [-0.2, 0) is 0 Å². The highest BCUT2D eigenvalue weighted by Gasteiger charge is 2.52. The van der Waals surface area contributed by atoms with E-state index in [1.165, 1.54) is 43.3 Å². The molecular formula is C24H34N2. The van der Waals surface area contributed by atoms with Crippen molar-refractivity contribution in [3.05, 3.63) is 36.7 Å². The lowest BCUT2D eigenvalue weighted by Gasteiger charge is -2.51. The molecule has 140 valence electrons. The van der Waals surface area contributed by atoms with E-state index in [1.54, 1.807) is 0 Å². The molecule has 0 radical (unpaired) electrons. The molecular weight excluding hydrogens is 316 g/mol. The summed E-state index contributed by atoms with van der Waals surface area (Å²) < 4.78 is 2.37. The molecule has 1 aromatic heterocycles. The largest absolute Gasteiger partial charge is 0.302 e. The van der Waals surface area contributed by atoms with Crippen molar-refractivity contribution in [3.63, 3.8) is 0 Å². The Morgan fingerprint density at radius 2 is 2.04 bits per heavy atom. The van der Waals surface area contributed by atoms with Crippen LogP contribution in [0.15, 0.2) is 36.7 Å². The molecule has 4 atom stereocenters. The van der Waals surface area contributed by atoms with Gasteiger partial charge in [-0.15, -0.1) is 0 Å². The average molecular weight is 351 g/mol. The quantitative estimate of drug-likeness (QED) is 0.594. The standard InChI is InChI=1S/C24H34N2/c1-6-14-23(3,4)18-13-15-24(5)19(17(18)2)11-12-22(24)26-16-25-20-9-7-8-10-21(20)26/h7-10,12,16-19H,6,11,13-15H2,1-5H3/t17?,18?,19?,24-/m0/s1. The molecule has 1 heterocycles. The van der Waals surface area contributed by atoms with Gasteiger partial charge in [0.2, 0.25) is 0 Å². The second-order valence-electron chi connectivity index (χ2n) is 9.70. The van der Waals surface area contributed by atoms with Crippen molar-refractivity contribution in [2.24, 2.45) is 28.6 Å². The maximum atomic E-state index is 4.65.